The molecule has 4 nitrogen and oxygen atoms in total. The van der Waals surface area contributed by atoms with Crippen molar-refractivity contribution in [2.75, 3.05) is 37.7 Å². The predicted molar refractivity (Wildman–Crippen MR) is 96.0 cm³/mol. The Bertz CT molecular complexity index is 634. The van der Waals surface area contributed by atoms with Gasteiger partial charge in [-0.05, 0) is 36.2 Å². The summed E-state index contributed by atoms with van der Waals surface area (Å²) in [6, 6.07) is 14.9. The minimum Gasteiger partial charge on any atom is -0.375 e. The molecule has 24 heavy (non-hydrogen) atoms. The van der Waals surface area contributed by atoms with Crippen LogP contribution < -0.4 is 4.90 Å². The SMILES string of the molecule is c1ccc(N2CC[C@H]3CN(Cc4ccncc4)CCO[C@H]3C2)cc1. The van der Waals surface area contributed by atoms with E-state index in [9.17, 15) is 0 Å². The highest BCUT2D eigenvalue weighted by molar-refractivity contribution is 5.46. The van der Waals surface area contributed by atoms with Crippen LogP contribution >= 0.6 is 0 Å². The molecular formula is C20H25N3O. The number of hydrogen-bond acceptors (Lipinski definition) is 4. The van der Waals surface area contributed by atoms with Crippen LogP contribution in [-0.4, -0.2) is 48.8 Å². The van der Waals surface area contributed by atoms with Crippen molar-refractivity contribution in [3.63, 3.8) is 0 Å². The van der Waals surface area contributed by atoms with Crippen LogP contribution in [0.4, 0.5) is 5.69 Å². The zero-order valence-corrected chi connectivity index (χ0v) is 14.1. The molecule has 4 heteroatoms. The lowest BCUT2D eigenvalue weighted by molar-refractivity contribution is 0.0253. The first-order valence-electron chi connectivity index (χ1n) is 8.91. The first-order valence-corrected chi connectivity index (χ1v) is 8.91. The number of para-hydroxylation sites is 1. The largest absolute Gasteiger partial charge is 0.375 e. The van der Waals surface area contributed by atoms with Crippen molar-refractivity contribution in [3.8, 4) is 0 Å². The van der Waals surface area contributed by atoms with Crippen molar-refractivity contribution in [1.82, 2.24) is 9.88 Å². The number of aromatic nitrogens is 1. The van der Waals surface area contributed by atoms with Crippen LogP contribution in [0.25, 0.3) is 0 Å². The Morgan fingerprint density at radius 1 is 1.00 bits per heavy atom. The summed E-state index contributed by atoms with van der Waals surface area (Å²) in [5.41, 5.74) is 2.66. The van der Waals surface area contributed by atoms with Crippen LogP contribution in [0, 0.1) is 5.92 Å². The molecule has 2 atom stereocenters. The molecule has 2 saturated heterocycles. The molecule has 2 fully saturated rings. The van der Waals surface area contributed by atoms with Crippen LogP contribution in [0.5, 0.6) is 0 Å². The first kappa shape index (κ1) is 15.6. The fourth-order valence-corrected chi connectivity index (χ4v) is 3.88. The van der Waals surface area contributed by atoms with Gasteiger partial charge in [0.2, 0.25) is 0 Å². The number of piperidine rings is 1. The van der Waals surface area contributed by atoms with Crippen LogP contribution in [0.1, 0.15) is 12.0 Å². The standard InChI is InChI=1S/C20H25N3O/c1-2-4-19(5-3-1)23-11-8-18-15-22(12-13-24-20(18)16-23)14-17-6-9-21-10-7-17/h1-7,9-10,18,20H,8,11-16H2/t18-,20-/m0/s1. The Morgan fingerprint density at radius 2 is 1.83 bits per heavy atom. The van der Waals surface area contributed by atoms with Gasteiger partial charge in [-0.2, -0.15) is 0 Å². The molecular weight excluding hydrogens is 298 g/mol. The van der Waals surface area contributed by atoms with Crippen molar-refractivity contribution < 1.29 is 4.74 Å². The highest BCUT2D eigenvalue weighted by Crippen LogP contribution is 2.28. The summed E-state index contributed by atoms with van der Waals surface area (Å²) >= 11 is 0. The van der Waals surface area contributed by atoms with E-state index in [1.165, 1.54) is 17.7 Å². The summed E-state index contributed by atoms with van der Waals surface area (Å²) in [6.07, 6.45) is 5.31. The smallest absolute Gasteiger partial charge is 0.0791 e. The topological polar surface area (TPSA) is 28.6 Å². The number of hydrogen-bond donors (Lipinski definition) is 0. The van der Waals surface area contributed by atoms with Gasteiger partial charge in [0.05, 0.1) is 12.7 Å². The number of anilines is 1. The van der Waals surface area contributed by atoms with E-state index in [4.69, 9.17) is 4.74 Å². The molecule has 2 aliphatic rings. The van der Waals surface area contributed by atoms with Crippen molar-refractivity contribution in [3.05, 3.63) is 60.4 Å². The van der Waals surface area contributed by atoms with E-state index in [-0.39, 0.29) is 0 Å². The lowest BCUT2D eigenvalue weighted by atomic mass is 9.93. The molecule has 0 spiro atoms. The van der Waals surface area contributed by atoms with Crippen molar-refractivity contribution in [2.45, 2.75) is 19.1 Å². The third-order valence-electron chi connectivity index (χ3n) is 5.20. The molecule has 2 aliphatic heterocycles. The van der Waals surface area contributed by atoms with E-state index < -0.39 is 0 Å². The Morgan fingerprint density at radius 3 is 2.67 bits per heavy atom. The number of pyridine rings is 1. The number of benzene rings is 1. The second-order valence-electron chi connectivity index (χ2n) is 6.83. The molecule has 4 rings (SSSR count). The summed E-state index contributed by atoms with van der Waals surface area (Å²) in [5, 5.41) is 0. The van der Waals surface area contributed by atoms with E-state index in [1.54, 1.807) is 0 Å². The Balaban J connectivity index is 1.39. The third-order valence-corrected chi connectivity index (χ3v) is 5.20. The molecule has 0 radical (unpaired) electrons. The van der Waals surface area contributed by atoms with Crippen molar-refractivity contribution in [1.29, 1.82) is 0 Å². The molecule has 0 unspecified atom stereocenters. The number of nitrogens with zero attached hydrogens (tertiary/aromatic N) is 3. The van der Waals surface area contributed by atoms with Crippen LogP contribution in [0.15, 0.2) is 54.9 Å². The Hall–Kier alpha value is -1.91. The summed E-state index contributed by atoms with van der Waals surface area (Å²) in [4.78, 5) is 9.12. The minimum absolute atomic E-state index is 0.349. The van der Waals surface area contributed by atoms with Gasteiger partial charge < -0.3 is 9.64 Å². The van der Waals surface area contributed by atoms with Gasteiger partial charge in [-0.25, -0.2) is 0 Å². The summed E-state index contributed by atoms with van der Waals surface area (Å²) in [7, 11) is 0. The first-order chi connectivity index (χ1) is 11.9. The molecule has 0 aliphatic carbocycles. The molecule has 1 aromatic carbocycles. The van der Waals surface area contributed by atoms with E-state index in [0.717, 1.165) is 39.3 Å². The number of ether oxygens (including phenoxy) is 1. The van der Waals surface area contributed by atoms with Gasteiger partial charge in [0.1, 0.15) is 0 Å². The molecule has 2 aromatic rings. The Labute approximate surface area is 144 Å². The quantitative estimate of drug-likeness (QED) is 0.868. The van der Waals surface area contributed by atoms with E-state index in [1.807, 2.05) is 12.4 Å². The highest BCUT2D eigenvalue weighted by Gasteiger charge is 2.33. The van der Waals surface area contributed by atoms with Gasteiger partial charge in [0, 0.05) is 56.7 Å². The Kier molecular flexibility index (Phi) is 4.76. The second kappa shape index (κ2) is 7.32. The fourth-order valence-electron chi connectivity index (χ4n) is 3.88. The van der Waals surface area contributed by atoms with Crippen molar-refractivity contribution >= 4 is 5.69 Å². The molecule has 0 bridgehead atoms. The van der Waals surface area contributed by atoms with E-state index >= 15 is 0 Å². The summed E-state index contributed by atoms with van der Waals surface area (Å²) in [5.74, 6) is 0.634. The number of rotatable bonds is 3. The molecule has 0 N–H and O–H groups in total. The average Bonchev–Trinajstić information content (AvgIpc) is 2.84. The van der Waals surface area contributed by atoms with Gasteiger partial charge in [0.25, 0.3) is 0 Å². The monoisotopic (exact) mass is 323 g/mol. The van der Waals surface area contributed by atoms with E-state index in [0.29, 0.717) is 12.0 Å². The minimum atomic E-state index is 0.349. The molecule has 126 valence electrons. The molecule has 3 heterocycles. The van der Waals surface area contributed by atoms with Gasteiger partial charge in [-0.1, -0.05) is 18.2 Å². The average molecular weight is 323 g/mol. The molecule has 0 amide bonds. The lowest BCUT2D eigenvalue weighted by Crippen LogP contribution is -2.47. The third kappa shape index (κ3) is 3.60. The number of fused-ring (bicyclic) bond motifs is 1. The van der Waals surface area contributed by atoms with Crippen LogP contribution in [-0.2, 0) is 11.3 Å². The zero-order valence-electron chi connectivity index (χ0n) is 14.1. The second-order valence-corrected chi connectivity index (χ2v) is 6.83. The molecule has 1 aromatic heterocycles. The van der Waals surface area contributed by atoms with Gasteiger partial charge in [0.15, 0.2) is 0 Å². The van der Waals surface area contributed by atoms with Crippen LogP contribution in [0.2, 0.25) is 0 Å². The predicted octanol–water partition coefficient (Wildman–Crippen LogP) is 2.81. The fraction of sp³-hybridized carbons (Fsp3) is 0.450. The van der Waals surface area contributed by atoms with Gasteiger partial charge in [-0.3, -0.25) is 9.88 Å². The molecule has 0 saturated carbocycles. The zero-order chi connectivity index (χ0) is 16.2. The van der Waals surface area contributed by atoms with E-state index in [2.05, 4.69) is 57.2 Å². The highest BCUT2D eigenvalue weighted by atomic mass is 16.5. The van der Waals surface area contributed by atoms with Gasteiger partial charge in [-0.15, -0.1) is 0 Å². The van der Waals surface area contributed by atoms with Crippen molar-refractivity contribution in [2.24, 2.45) is 5.92 Å². The summed E-state index contributed by atoms with van der Waals surface area (Å²) in [6.45, 7) is 6.11. The lowest BCUT2D eigenvalue weighted by Gasteiger charge is -2.39. The van der Waals surface area contributed by atoms with Gasteiger partial charge >= 0.3 is 0 Å². The maximum Gasteiger partial charge on any atom is 0.0791 e. The maximum absolute atomic E-state index is 6.23. The normalized spacial score (nSPS) is 25.1. The summed E-state index contributed by atoms with van der Waals surface area (Å²) < 4.78 is 6.23. The van der Waals surface area contributed by atoms with Crippen LogP contribution in [0.3, 0.4) is 0 Å². The maximum atomic E-state index is 6.23.